The Hall–Kier alpha value is -5.38. The molecule has 0 aliphatic heterocycles. The molecule has 43 heavy (non-hydrogen) atoms. The van der Waals surface area contributed by atoms with Crippen molar-refractivity contribution in [2.45, 2.75) is 39.8 Å². The number of fused-ring (bicyclic) bond motifs is 1. The Labute approximate surface area is 248 Å². The summed E-state index contributed by atoms with van der Waals surface area (Å²) in [7, 11) is 1.20. The standard InChI is InChI=1S/C33H33N3O7/c1-20-15-24(29(38)34-19-22-7-6-8-25(37)16-22)11-12-26(20)30(39)35-27(31(40)42-5)17-21-9-10-23-13-14-36(28(23)18-21)32(41)43-33(2,3)4/h6-18,37H,19H2,1-5H3,(H,34,38)(H,35,39)/b27-17-. The van der Waals surface area contributed by atoms with E-state index in [0.717, 1.165) is 10.9 Å². The summed E-state index contributed by atoms with van der Waals surface area (Å²) in [5.74, 6) is -1.58. The summed E-state index contributed by atoms with van der Waals surface area (Å²) in [5, 5.41) is 15.8. The summed E-state index contributed by atoms with van der Waals surface area (Å²) in [5.41, 5.74) is 2.16. The Morgan fingerprint density at radius 3 is 2.40 bits per heavy atom. The van der Waals surface area contributed by atoms with Crippen LogP contribution in [0.3, 0.4) is 0 Å². The molecule has 222 valence electrons. The number of phenolic OH excluding ortho intramolecular Hbond substituents is 1. The number of aryl methyl sites for hydroxylation is 1. The fraction of sp³-hybridized carbons (Fsp3) is 0.212. The highest BCUT2D eigenvalue weighted by Crippen LogP contribution is 2.22. The second-order valence-corrected chi connectivity index (χ2v) is 10.9. The lowest BCUT2D eigenvalue weighted by atomic mass is 10.0. The van der Waals surface area contributed by atoms with E-state index in [4.69, 9.17) is 9.47 Å². The van der Waals surface area contributed by atoms with Crippen LogP contribution in [-0.2, 0) is 20.8 Å². The fourth-order valence-corrected chi connectivity index (χ4v) is 4.33. The van der Waals surface area contributed by atoms with E-state index in [2.05, 4.69) is 10.6 Å². The molecule has 0 radical (unpaired) electrons. The molecule has 0 fully saturated rings. The number of carbonyl (C=O) groups excluding carboxylic acids is 4. The van der Waals surface area contributed by atoms with E-state index in [9.17, 15) is 24.3 Å². The van der Waals surface area contributed by atoms with Crippen molar-refractivity contribution in [2.24, 2.45) is 0 Å². The highest BCUT2D eigenvalue weighted by molar-refractivity contribution is 6.05. The molecule has 4 rings (SSSR count). The topological polar surface area (TPSA) is 136 Å². The van der Waals surface area contributed by atoms with E-state index < -0.39 is 23.6 Å². The zero-order valence-corrected chi connectivity index (χ0v) is 24.6. The molecule has 1 heterocycles. The van der Waals surface area contributed by atoms with Gasteiger partial charge in [-0.15, -0.1) is 0 Å². The number of nitrogens with zero attached hydrogens (tertiary/aromatic N) is 1. The largest absolute Gasteiger partial charge is 0.508 e. The molecule has 10 heteroatoms. The summed E-state index contributed by atoms with van der Waals surface area (Å²) in [6.45, 7) is 7.23. The molecular weight excluding hydrogens is 550 g/mol. The second kappa shape index (κ2) is 12.6. The molecule has 0 saturated heterocycles. The Morgan fingerprint density at radius 1 is 0.953 bits per heavy atom. The highest BCUT2D eigenvalue weighted by Gasteiger charge is 2.20. The van der Waals surface area contributed by atoms with Gasteiger partial charge in [-0.2, -0.15) is 0 Å². The lowest BCUT2D eigenvalue weighted by Gasteiger charge is -2.19. The SMILES string of the molecule is COC(=O)/C(=C/c1ccc2ccn(C(=O)OC(C)(C)C)c2c1)NC(=O)c1ccc(C(=O)NCc2cccc(O)c2)cc1C. The normalized spacial score (nSPS) is 11.6. The number of aromatic hydroxyl groups is 1. The van der Waals surface area contributed by atoms with Crippen molar-refractivity contribution >= 4 is 40.9 Å². The number of amides is 2. The molecule has 3 aromatic carbocycles. The molecule has 0 saturated carbocycles. The van der Waals surface area contributed by atoms with Crippen LogP contribution in [0, 0.1) is 6.92 Å². The number of ether oxygens (including phenoxy) is 2. The van der Waals surface area contributed by atoms with Crippen molar-refractivity contribution in [1.29, 1.82) is 0 Å². The van der Waals surface area contributed by atoms with Gasteiger partial charge in [-0.3, -0.25) is 14.2 Å². The average molecular weight is 584 g/mol. The first-order valence-electron chi connectivity index (χ1n) is 13.5. The van der Waals surface area contributed by atoms with E-state index >= 15 is 0 Å². The fourth-order valence-electron chi connectivity index (χ4n) is 4.33. The van der Waals surface area contributed by atoms with Gasteiger partial charge in [0.1, 0.15) is 17.0 Å². The van der Waals surface area contributed by atoms with Crippen LogP contribution >= 0.6 is 0 Å². The minimum atomic E-state index is -0.767. The van der Waals surface area contributed by atoms with Gasteiger partial charge in [0.15, 0.2) is 0 Å². The van der Waals surface area contributed by atoms with Crippen molar-refractivity contribution < 1.29 is 33.8 Å². The van der Waals surface area contributed by atoms with Crippen molar-refractivity contribution in [1.82, 2.24) is 15.2 Å². The van der Waals surface area contributed by atoms with Gasteiger partial charge in [0.2, 0.25) is 0 Å². The van der Waals surface area contributed by atoms with Crippen molar-refractivity contribution in [3.63, 3.8) is 0 Å². The molecule has 0 aliphatic carbocycles. The number of aromatic nitrogens is 1. The van der Waals surface area contributed by atoms with Gasteiger partial charge in [-0.25, -0.2) is 9.59 Å². The molecular formula is C33H33N3O7. The minimum Gasteiger partial charge on any atom is -0.508 e. The lowest BCUT2D eigenvalue weighted by molar-refractivity contribution is -0.136. The zero-order valence-electron chi connectivity index (χ0n) is 24.6. The number of esters is 1. The lowest BCUT2D eigenvalue weighted by Crippen LogP contribution is -2.29. The van der Waals surface area contributed by atoms with Gasteiger partial charge in [0.25, 0.3) is 11.8 Å². The quantitative estimate of drug-likeness (QED) is 0.198. The number of benzene rings is 3. The van der Waals surface area contributed by atoms with Crippen molar-refractivity contribution in [3.8, 4) is 5.75 Å². The molecule has 1 aromatic heterocycles. The number of carbonyl (C=O) groups is 4. The van der Waals surface area contributed by atoms with Gasteiger partial charge < -0.3 is 25.2 Å². The third-order valence-electron chi connectivity index (χ3n) is 6.37. The maximum atomic E-state index is 13.2. The van der Waals surface area contributed by atoms with E-state index in [1.807, 2.05) is 0 Å². The Balaban J connectivity index is 1.53. The first-order valence-corrected chi connectivity index (χ1v) is 13.5. The van der Waals surface area contributed by atoms with Crippen molar-refractivity contribution in [2.75, 3.05) is 7.11 Å². The van der Waals surface area contributed by atoms with E-state index in [1.54, 1.807) is 88.5 Å². The first-order chi connectivity index (χ1) is 20.3. The van der Waals surface area contributed by atoms with Crippen LogP contribution in [0.25, 0.3) is 17.0 Å². The molecule has 2 amide bonds. The number of rotatable bonds is 7. The van der Waals surface area contributed by atoms with E-state index in [0.29, 0.717) is 22.2 Å². The van der Waals surface area contributed by atoms with Gasteiger partial charge >= 0.3 is 12.1 Å². The summed E-state index contributed by atoms with van der Waals surface area (Å²) >= 11 is 0. The zero-order chi connectivity index (χ0) is 31.3. The van der Waals surface area contributed by atoms with Crippen LogP contribution in [-0.4, -0.2) is 46.3 Å². The molecule has 3 N–H and O–H groups in total. The van der Waals surface area contributed by atoms with Crippen LogP contribution in [0.15, 0.2) is 78.6 Å². The van der Waals surface area contributed by atoms with Crippen LogP contribution in [0.2, 0.25) is 0 Å². The molecule has 0 unspecified atom stereocenters. The van der Waals surface area contributed by atoms with Gasteiger partial charge in [0.05, 0.1) is 12.6 Å². The molecule has 4 aromatic rings. The number of hydrogen-bond donors (Lipinski definition) is 3. The Morgan fingerprint density at radius 2 is 1.72 bits per heavy atom. The van der Waals surface area contributed by atoms with Crippen molar-refractivity contribution in [3.05, 3.63) is 106 Å². The minimum absolute atomic E-state index is 0.106. The van der Waals surface area contributed by atoms with E-state index in [-0.39, 0.29) is 29.5 Å². The number of methoxy groups -OCH3 is 1. The van der Waals surface area contributed by atoms with Gasteiger partial charge in [-0.1, -0.05) is 24.3 Å². The highest BCUT2D eigenvalue weighted by atomic mass is 16.6. The van der Waals surface area contributed by atoms with Crippen LogP contribution < -0.4 is 10.6 Å². The molecule has 0 atom stereocenters. The third kappa shape index (κ3) is 7.68. The Bertz CT molecular complexity index is 1740. The van der Waals surface area contributed by atoms with Crippen LogP contribution in [0.4, 0.5) is 4.79 Å². The molecule has 0 bridgehead atoms. The van der Waals surface area contributed by atoms with Crippen LogP contribution in [0.5, 0.6) is 5.75 Å². The van der Waals surface area contributed by atoms with E-state index in [1.165, 1.54) is 29.9 Å². The maximum Gasteiger partial charge on any atom is 0.418 e. The third-order valence-corrected chi connectivity index (χ3v) is 6.37. The Kier molecular flexibility index (Phi) is 8.99. The number of hydrogen-bond acceptors (Lipinski definition) is 7. The summed E-state index contributed by atoms with van der Waals surface area (Å²) in [4.78, 5) is 51.2. The molecule has 10 nitrogen and oxygen atoms in total. The monoisotopic (exact) mass is 583 g/mol. The number of nitrogens with one attached hydrogen (secondary N) is 2. The summed E-state index contributed by atoms with van der Waals surface area (Å²) in [6, 6.07) is 18.2. The van der Waals surface area contributed by atoms with Crippen LogP contribution in [0.1, 0.15) is 58.2 Å². The predicted octanol–water partition coefficient (Wildman–Crippen LogP) is 5.31. The average Bonchev–Trinajstić information content (AvgIpc) is 3.37. The predicted molar refractivity (Wildman–Crippen MR) is 161 cm³/mol. The maximum absolute atomic E-state index is 13.2. The first kappa shape index (κ1) is 30.6. The molecule has 0 aliphatic rings. The second-order valence-electron chi connectivity index (χ2n) is 10.9. The smallest absolute Gasteiger partial charge is 0.418 e. The molecule has 0 spiro atoms. The summed E-state index contributed by atoms with van der Waals surface area (Å²) in [6.07, 6.45) is 2.51. The van der Waals surface area contributed by atoms with Gasteiger partial charge in [-0.05, 0) is 92.9 Å². The summed E-state index contributed by atoms with van der Waals surface area (Å²) < 4.78 is 11.8. The number of phenols is 1. The van der Waals surface area contributed by atoms with Gasteiger partial charge in [0, 0.05) is 29.3 Å².